The van der Waals surface area contributed by atoms with Gasteiger partial charge in [-0.3, -0.25) is 9.69 Å². The van der Waals surface area contributed by atoms with E-state index in [9.17, 15) is 4.79 Å². The van der Waals surface area contributed by atoms with Crippen LogP contribution >= 0.6 is 11.3 Å². The number of hydrogen-bond acceptors (Lipinski definition) is 3. The molecule has 1 aromatic carbocycles. The van der Waals surface area contributed by atoms with E-state index in [0.717, 1.165) is 52.0 Å². The highest BCUT2D eigenvalue weighted by molar-refractivity contribution is 7.09. The highest BCUT2D eigenvalue weighted by Gasteiger charge is 2.30. The van der Waals surface area contributed by atoms with Crippen molar-refractivity contribution >= 4 is 17.2 Å². The number of carbonyl (C=O) groups is 1. The maximum Gasteiger partial charge on any atom is 0.227 e. The lowest BCUT2D eigenvalue weighted by Gasteiger charge is -2.36. The second-order valence-electron chi connectivity index (χ2n) is 6.93. The third-order valence-electron chi connectivity index (χ3n) is 5.26. The summed E-state index contributed by atoms with van der Waals surface area (Å²) >= 11 is 1.81. The largest absolute Gasteiger partial charge is 0.338 e. The summed E-state index contributed by atoms with van der Waals surface area (Å²) in [7, 11) is 0. The van der Waals surface area contributed by atoms with Gasteiger partial charge < -0.3 is 4.90 Å². The zero-order valence-corrected chi connectivity index (χ0v) is 14.8. The Morgan fingerprint density at radius 2 is 2.00 bits per heavy atom. The third kappa shape index (κ3) is 3.40. The first-order chi connectivity index (χ1) is 11.8. The molecule has 24 heavy (non-hydrogen) atoms. The van der Waals surface area contributed by atoms with Gasteiger partial charge in [0.1, 0.15) is 0 Å². The molecular formula is C20H24N2OS. The molecule has 3 nitrogen and oxygen atoms in total. The average molecular weight is 340 g/mol. The molecule has 1 fully saturated rings. The van der Waals surface area contributed by atoms with Gasteiger partial charge in [-0.05, 0) is 48.4 Å². The van der Waals surface area contributed by atoms with E-state index >= 15 is 0 Å². The molecule has 0 bridgehead atoms. The highest BCUT2D eigenvalue weighted by Crippen LogP contribution is 2.25. The normalized spacial score (nSPS) is 21.5. The van der Waals surface area contributed by atoms with Crippen LogP contribution < -0.4 is 0 Å². The Morgan fingerprint density at radius 3 is 2.83 bits per heavy atom. The Morgan fingerprint density at radius 1 is 1.12 bits per heavy atom. The molecule has 1 aromatic heterocycles. The number of fused-ring (bicyclic) bond motifs is 1. The summed E-state index contributed by atoms with van der Waals surface area (Å²) < 4.78 is 0. The smallest absolute Gasteiger partial charge is 0.227 e. The van der Waals surface area contributed by atoms with E-state index in [1.807, 2.05) is 11.3 Å². The minimum atomic E-state index is 0.170. The lowest BCUT2D eigenvalue weighted by atomic mass is 9.94. The van der Waals surface area contributed by atoms with E-state index in [2.05, 4.69) is 51.6 Å². The molecule has 0 radical (unpaired) electrons. The molecular weight excluding hydrogens is 316 g/mol. The Labute approximate surface area is 147 Å². The first kappa shape index (κ1) is 15.9. The molecule has 2 aliphatic heterocycles. The first-order valence-corrected chi connectivity index (χ1v) is 9.78. The molecule has 1 atom stereocenters. The molecule has 126 valence electrons. The Kier molecular flexibility index (Phi) is 4.67. The zero-order chi connectivity index (χ0) is 16.4. The van der Waals surface area contributed by atoms with E-state index in [-0.39, 0.29) is 5.92 Å². The SMILES string of the molecule is O=C(C1CCCN(Cc2cccs2)C1)N1CCc2ccccc2C1. The van der Waals surface area contributed by atoms with E-state index in [1.54, 1.807) is 0 Å². The van der Waals surface area contributed by atoms with E-state index in [0.29, 0.717) is 5.91 Å². The molecule has 0 aliphatic carbocycles. The van der Waals surface area contributed by atoms with Gasteiger partial charge in [0.25, 0.3) is 0 Å². The van der Waals surface area contributed by atoms with E-state index in [4.69, 9.17) is 0 Å². The van der Waals surface area contributed by atoms with Gasteiger partial charge in [-0.2, -0.15) is 0 Å². The van der Waals surface area contributed by atoms with Gasteiger partial charge in [0, 0.05) is 31.1 Å². The van der Waals surface area contributed by atoms with Gasteiger partial charge in [0.15, 0.2) is 0 Å². The van der Waals surface area contributed by atoms with Gasteiger partial charge >= 0.3 is 0 Å². The Bertz CT molecular complexity index is 697. The number of thiophene rings is 1. The number of amides is 1. The molecule has 4 heteroatoms. The van der Waals surface area contributed by atoms with Crippen LogP contribution in [0.1, 0.15) is 28.8 Å². The summed E-state index contributed by atoms with van der Waals surface area (Å²) in [6.07, 6.45) is 3.16. The molecule has 1 saturated heterocycles. The lowest BCUT2D eigenvalue weighted by Crippen LogP contribution is -2.46. The highest BCUT2D eigenvalue weighted by atomic mass is 32.1. The quantitative estimate of drug-likeness (QED) is 0.853. The number of benzene rings is 1. The van der Waals surface area contributed by atoms with Crippen LogP contribution in [0.3, 0.4) is 0 Å². The van der Waals surface area contributed by atoms with E-state index in [1.165, 1.54) is 16.0 Å². The molecule has 2 aliphatic rings. The molecule has 0 N–H and O–H groups in total. The van der Waals surface area contributed by atoms with Crippen LogP contribution in [-0.4, -0.2) is 35.3 Å². The summed E-state index contributed by atoms with van der Waals surface area (Å²) in [5, 5.41) is 2.13. The van der Waals surface area contributed by atoms with Crippen molar-refractivity contribution in [2.45, 2.75) is 32.4 Å². The Balaban J connectivity index is 1.39. The topological polar surface area (TPSA) is 23.6 Å². The third-order valence-corrected chi connectivity index (χ3v) is 6.12. The zero-order valence-electron chi connectivity index (χ0n) is 14.0. The predicted molar refractivity (Wildman–Crippen MR) is 97.9 cm³/mol. The maximum atomic E-state index is 13.0. The van der Waals surface area contributed by atoms with Crippen molar-refractivity contribution in [3.05, 3.63) is 57.8 Å². The van der Waals surface area contributed by atoms with Crippen molar-refractivity contribution in [1.29, 1.82) is 0 Å². The fraction of sp³-hybridized carbons (Fsp3) is 0.450. The number of likely N-dealkylation sites (tertiary alicyclic amines) is 1. The second kappa shape index (κ2) is 7.08. The van der Waals surface area contributed by atoms with Crippen molar-refractivity contribution in [3.8, 4) is 0 Å². The molecule has 1 amide bonds. The van der Waals surface area contributed by atoms with Crippen LogP contribution in [-0.2, 0) is 24.3 Å². The van der Waals surface area contributed by atoms with Crippen LogP contribution in [0.15, 0.2) is 41.8 Å². The fourth-order valence-electron chi connectivity index (χ4n) is 3.97. The monoisotopic (exact) mass is 340 g/mol. The number of rotatable bonds is 3. The van der Waals surface area contributed by atoms with Crippen LogP contribution in [0.4, 0.5) is 0 Å². The van der Waals surface area contributed by atoms with Gasteiger partial charge in [-0.1, -0.05) is 30.3 Å². The average Bonchev–Trinajstić information content (AvgIpc) is 3.14. The van der Waals surface area contributed by atoms with Crippen molar-refractivity contribution in [1.82, 2.24) is 9.80 Å². The molecule has 4 rings (SSSR count). The van der Waals surface area contributed by atoms with Crippen LogP contribution in [0.2, 0.25) is 0 Å². The first-order valence-electron chi connectivity index (χ1n) is 8.90. The number of carbonyl (C=O) groups excluding carboxylic acids is 1. The molecule has 1 unspecified atom stereocenters. The summed E-state index contributed by atoms with van der Waals surface area (Å²) in [5.74, 6) is 0.532. The van der Waals surface area contributed by atoms with Gasteiger partial charge in [0.05, 0.1) is 5.92 Å². The van der Waals surface area contributed by atoms with Gasteiger partial charge in [-0.15, -0.1) is 11.3 Å². The predicted octanol–water partition coefficient (Wildman–Crippen LogP) is 3.55. The van der Waals surface area contributed by atoms with Crippen molar-refractivity contribution in [3.63, 3.8) is 0 Å². The molecule has 2 aromatic rings. The molecule has 0 saturated carbocycles. The maximum absolute atomic E-state index is 13.0. The summed E-state index contributed by atoms with van der Waals surface area (Å²) in [5.41, 5.74) is 2.73. The van der Waals surface area contributed by atoms with Crippen LogP contribution in [0.25, 0.3) is 0 Å². The summed E-state index contributed by atoms with van der Waals surface area (Å²) in [6.45, 7) is 4.68. The van der Waals surface area contributed by atoms with Gasteiger partial charge in [0.2, 0.25) is 5.91 Å². The summed E-state index contributed by atoms with van der Waals surface area (Å²) in [4.78, 5) is 19.0. The fourth-order valence-corrected chi connectivity index (χ4v) is 4.71. The van der Waals surface area contributed by atoms with Crippen LogP contribution in [0.5, 0.6) is 0 Å². The minimum absolute atomic E-state index is 0.170. The standard InChI is InChI=1S/C20H24N2OS/c23-20(22-11-9-16-5-1-2-6-17(16)14-22)18-7-3-10-21(13-18)15-19-8-4-12-24-19/h1-2,4-6,8,12,18H,3,7,9-11,13-15H2. The number of nitrogens with zero attached hydrogens (tertiary/aromatic N) is 2. The Hall–Kier alpha value is -1.65. The van der Waals surface area contributed by atoms with E-state index < -0.39 is 0 Å². The lowest BCUT2D eigenvalue weighted by molar-refractivity contribution is -0.138. The summed E-state index contributed by atoms with van der Waals surface area (Å²) in [6, 6.07) is 12.8. The second-order valence-corrected chi connectivity index (χ2v) is 7.96. The molecule has 3 heterocycles. The van der Waals surface area contributed by atoms with Gasteiger partial charge in [-0.25, -0.2) is 0 Å². The minimum Gasteiger partial charge on any atom is -0.338 e. The van der Waals surface area contributed by atoms with Crippen molar-refractivity contribution in [2.24, 2.45) is 5.92 Å². The van der Waals surface area contributed by atoms with Crippen molar-refractivity contribution in [2.75, 3.05) is 19.6 Å². The van der Waals surface area contributed by atoms with Crippen LogP contribution in [0, 0.1) is 5.92 Å². The molecule has 0 spiro atoms. The van der Waals surface area contributed by atoms with Crippen molar-refractivity contribution < 1.29 is 4.79 Å². The number of hydrogen-bond donors (Lipinski definition) is 0. The number of piperidine rings is 1.